The van der Waals surface area contributed by atoms with Gasteiger partial charge in [-0.15, -0.1) is 0 Å². The summed E-state index contributed by atoms with van der Waals surface area (Å²) in [6.07, 6.45) is 1.73. The lowest BCUT2D eigenvalue weighted by atomic mass is 10.2. The van der Waals surface area contributed by atoms with Gasteiger partial charge < -0.3 is 4.74 Å². The molecule has 0 saturated carbocycles. The van der Waals surface area contributed by atoms with Gasteiger partial charge in [0.15, 0.2) is 10.7 Å². The minimum atomic E-state index is -0.341. The largest absolute Gasteiger partial charge is 0.486 e. The molecule has 0 aliphatic heterocycles. The summed E-state index contributed by atoms with van der Waals surface area (Å²) < 4.78 is 21.2. The predicted molar refractivity (Wildman–Crippen MR) is 123 cm³/mol. The minimum Gasteiger partial charge on any atom is -0.486 e. The van der Waals surface area contributed by atoms with Crippen molar-refractivity contribution in [3.8, 4) is 5.75 Å². The highest BCUT2D eigenvalue weighted by Gasteiger charge is 2.13. The highest BCUT2D eigenvalue weighted by atomic mass is 35.5. The van der Waals surface area contributed by atoms with Crippen LogP contribution in [0.15, 0.2) is 65.5 Å². The Hall–Kier alpha value is -2.93. The van der Waals surface area contributed by atoms with Crippen LogP contribution in [0.3, 0.4) is 0 Å². The summed E-state index contributed by atoms with van der Waals surface area (Å²) in [4.78, 5) is 18.1. The SMILES string of the molecule is O=c1/c(=C/c2cc(Cl)c(OCc3cccc(F)c3)c(Cl)c2)sc2nc3ccccc3n12. The molecule has 0 atom stereocenters. The second-order valence-electron chi connectivity index (χ2n) is 6.87. The number of hydrogen-bond donors (Lipinski definition) is 0. The molecule has 0 aliphatic carbocycles. The number of fused-ring (bicyclic) bond motifs is 3. The first kappa shape index (κ1) is 20.0. The number of imidazole rings is 1. The Kier molecular flexibility index (Phi) is 5.14. The van der Waals surface area contributed by atoms with Crippen LogP contribution in [-0.4, -0.2) is 9.38 Å². The van der Waals surface area contributed by atoms with Crippen molar-refractivity contribution in [3.63, 3.8) is 0 Å². The molecule has 8 heteroatoms. The average molecular weight is 471 g/mol. The van der Waals surface area contributed by atoms with Gasteiger partial charge in [0.2, 0.25) is 0 Å². The van der Waals surface area contributed by atoms with Crippen LogP contribution in [-0.2, 0) is 6.61 Å². The lowest BCUT2D eigenvalue weighted by Gasteiger charge is -2.11. The van der Waals surface area contributed by atoms with Crippen molar-refractivity contribution in [2.45, 2.75) is 6.61 Å². The molecule has 2 heterocycles. The fourth-order valence-corrected chi connectivity index (χ4v) is 4.95. The van der Waals surface area contributed by atoms with Crippen molar-refractivity contribution in [3.05, 3.63) is 103 Å². The van der Waals surface area contributed by atoms with Crippen molar-refractivity contribution in [2.24, 2.45) is 0 Å². The molecule has 4 nitrogen and oxygen atoms in total. The molecule has 0 unspecified atom stereocenters. The Balaban J connectivity index is 1.49. The van der Waals surface area contributed by atoms with Crippen LogP contribution in [0, 0.1) is 5.82 Å². The van der Waals surface area contributed by atoms with E-state index in [4.69, 9.17) is 27.9 Å². The number of rotatable bonds is 4. The zero-order chi connectivity index (χ0) is 21.5. The molecule has 0 amide bonds. The van der Waals surface area contributed by atoms with Gasteiger partial charge in [-0.25, -0.2) is 13.8 Å². The number of halogens is 3. The lowest BCUT2D eigenvalue weighted by molar-refractivity contribution is 0.306. The minimum absolute atomic E-state index is 0.125. The maximum absolute atomic E-state index is 13.3. The van der Waals surface area contributed by atoms with Crippen LogP contribution < -0.4 is 14.8 Å². The Morgan fingerprint density at radius 3 is 2.61 bits per heavy atom. The van der Waals surface area contributed by atoms with Gasteiger partial charge in [0, 0.05) is 0 Å². The van der Waals surface area contributed by atoms with E-state index in [0.717, 1.165) is 11.0 Å². The summed E-state index contributed by atoms with van der Waals surface area (Å²) in [5, 5.41) is 0.601. The molecule has 154 valence electrons. The quantitative estimate of drug-likeness (QED) is 0.349. The summed E-state index contributed by atoms with van der Waals surface area (Å²) in [6.45, 7) is 0.125. The number of nitrogens with zero attached hydrogens (tertiary/aromatic N) is 2. The molecule has 0 aliphatic rings. The smallest absolute Gasteiger partial charge is 0.274 e. The second-order valence-corrected chi connectivity index (χ2v) is 8.69. The first-order chi connectivity index (χ1) is 15.0. The van der Waals surface area contributed by atoms with Gasteiger partial charge in [-0.1, -0.05) is 58.8 Å². The molecule has 5 rings (SSSR count). The molecular weight excluding hydrogens is 458 g/mol. The third-order valence-electron chi connectivity index (χ3n) is 4.74. The summed E-state index contributed by atoms with van der Waals surface area (Å²) in [7, 11) is 0. The van der Waals surface area contributed by atoms with E-state index in [1.165, 1.54) is 23.5 Å². The van der Waals surface area contributed by atoms with Crippen LogP contribution >= 0.6 is 34.5 Å². The molecule has 0 fully saturated rings. The van der Waals surface area contributed by atoms with Crippen molar-refractivity contribution in [1.29, 1.82) is 0 Å². The van der Waals surface area contributed by atoms with Crippen molar-refractivity contribution >= 4 is 56.6 Å². The third kappa shape index (κ3) is 3.78. The Morgan fingerprint density at radius 2 is 1.84 bits per heavy atom. The fourth-order valence-electron chi connectivity index (χ4n) is 3.35. The number of aromatic nitrogens is 2. The summed E-state index contributed by atoms with van der Waals surface area (Å²) in [5.41, 5.74) is 2.73. The first-order valence-corrected chi connectivity index (χ1v) is 10.8. The molecule has 3 aromatic carbocycles. The van der Waals surface area contributed by atoms with Gasteiger partial charge >= 0.3 is 0 Å². The van der Waals surface area contributed by atoms with Gasteiger partial charge in [0.05, 0.1) is 25.6 Å². The molecule has 2 aromatic heterocycles. The number of thiazole rings is 1. The van der Waals surface area contributed by atoms with Gasteiger partial charge in [0.25, 0.3) is 5.56 Å². The molecule has 0 radical (unpaired) electrons. The fraction of sp³-hybridized carbons (Fsp3) is 0.0435. The van der Waals surface area contributed by atoms with E-state index in [2.05, 4.69) is 4.98 Å². The van der Waals surface area contributed by atoms with Crippen LogP contribution in [0.1, 0.15) is 11.1 Å². The van der Waals surface area contributed by atoms with Crippen molar-refractivity contribution in [2.75, 3.05) is 0 Å². The number of hydrogen-bond acceptors (Lipinski definition) is 4. The monoisotopic (exact) mass is 470 g/mol. The van der Waals surface area contributed by atoms with Crippen LogP contribution in [0.2, 0.25) is 10.0 Å². The van der Waals surface area contributed by atoms with Crippen LogP contribution in [0.4, 0.5) is 4.39 Å². The van der Waals surface area contributed by atoms with Gasteiger partial charge in [-0.05, 0) is 53.6 Å². The Morgan fingerprint density at radius 1 is 1.06 bits per heavy atom. The zero-order valence-corrected chi connectivity index (χ0v) is 18.1. The highest BCUT2D eigenvalue weighted by molar-refractivity contribution is 7.15. The van der Waals surface area contributed by atoms with Crippen molar-refractivity contribution in [1.82, 2.24) is 9.38 Å². The normalized spacial score (nSPS) is 12.2. The van der Waals surface area contributed by atoms with E-state index in [-0.39, 0.29) is 18.0 Å². The standard InChI is InChI=1S/C23H13Cl2FN2O2S/c24-16-9-14(10-17(25)21(16)30-12-13-4-3-5-15(26)8-13)11-20-22(29)28-19-7-2-1-6-18(19)27-23(28)31-20/h1-11H,12H2/b20-11-. The third-order valence-corrected chi connectivity index (χ3v) is 6.27. The summed E-state index contributed by atoms with van der Waals surface area (Å²) in [6, 6.07) is 17.0. The van der Waals surface area contributed by atoms with Gasteiger partial charge in [-0.3, -0.25) is 4.79 Å². The second kappa shape index (κ2) is 7.96. The molecule has 0 spiro atoms. The molecule has 0 bridgehead atoms. The predicted octanol–water partition coefficient (Wildman–Crippen LogP) is 5.48. The molecule has 5 aromatic rings. The molecular formula is C23H13Cl2FN2O2S. The van der Waals surface area contributed by atoms with Gasteiger partial charge in [0.1, 0.15) is 12.4 Å². The summed E-state index contributed by atoms with van der Waals surface area (Å²) in [5.74, 6) is -0.0363. The van der Waals surface area contributed by atoms with E-state index < -0.39 is 0 Å². The lowest BCUT2D eigenvalue weighted by Crippen LogP contribution is -2.22. The van der Waals surface area contributed by atoms with Crippen LogP contribution in [0.25, 0.3) is 22.1 Å². The average Bonchev–Trinajstić information content (AvgIpc) is 3.24. The Bertz CT molecular complexity index is 1540. The molecule has 31 heavy (non-hydrogen) atoms. The maximum atomic E-state index is 13.3. The number of benzene rings is 3. The van der Waals surface area contributed by atoms with E-state index >= 15 is 0 Å². The van der Waals surface area contributed by atoms with Crippen molar-refractivity contribution < 1.29 is 9.13 Å². The zero-order valence-electron chi connectivity index (χ0n) is 15.8. The van der Waals surface area contributed by atoms with Gasteiger partial charge in [-0.2, -0.15) is 0 Å². The Labute approximate surface area is 189 Å². The van der Waals surface area contributed by atoms with E-state index in [1.807, 2.05) is 24.3 Å². The first-order valence-electron chi connectivity index (χ1n) is 9.27. The maximum Gasteiger partial charge on any atom is 0.274 e. The molecule has 0 N–H and O–H groups in total. The van der Waals surface area contributed by atoms with E-state index in [9.17, 15) is 9.18 Å². The van der Waals surface area contributed by atoms with Crippen LogP contribution in [0.5, 0.6) is 5.75 Å². The van der Waals surface area contributed by atoms with E-state index in [0.29, 0.717) is 36.4 Å². The molecule has 0 saturated heterocycles. The van der Waals surface area contributed by atoms with E-state index in [1.54, 1.807) is 34.7 Å². The number of ether oxygens (including phenoxy) is 1. The highest BCUT2D eigenvalue weighted by Crippen LogP contribution is 2.35. The number of para-hydroxylation sites is 2. The summed E-state index contributed by atoms with van der Waals surface area (Å²) >= 11 is 14.1. The topological polar surface area (TPSA) is 43.6 Å².